The third-order valence-electron chi connectivity index (χ3n) is 4.69. The van der Waals surface area contributed by atoms with Crippen molar-refractivity contribution in [3.63, 3.8) is 0 Å². The van der Waals surface area contributed by atoms with Crippen LogP contribution >= 0.6 is 0 Å². The maximum atomic E-state index is 5.81. The summed E-state index contributed by atoms with van der Waals surface area (Å²) >= 11 is 0. The van der Waals surface area contributed by atoms with E-state index in [0.717, 1.165) is 32.6 Å². The van der Waals surface area contributed by atoms with Crippen molar-refractivity contribution >= 4 is 20.5 Å². The van der Waals surface area contributed by atoms with Crippen LogP contribution in [0.3, 0.4) is 0 Å². The first-order chi connectivity index (χ1) is 10.4. The lowest BCUT2D eigenvalue weighted by Crippen LogP contribution is -2.64. The molecule has 0 amide bonds. The van der Waals surface area contributed by atoms with Gasteiger partial charge in [-0.05, 0) is 12.1 Å². The van der Waals surface area contributed by atoms with E-state index in [2.05, 4.69) is 0 Å². The molecule has 22 heavy (non-hydrogen) atoms. The van der Waals surface area contributed by atoms with Crippen molar-refractivity contribution in [1.82, 2.24) is 0 Å². The standard InChI is InChI=1S/C14H34O6Si2/c1-10(13(17-4,18-5)11(8-21)15-2)14(19-6,20-7)12(9-22)16-3/h10-12H,8-9H2,1-7,21-22H3. The fourth-order valence-corrected chi connectivity index (χ4v) is 5.27. The molecular weight excluding hydrogens is 320 g/mol. The molecule has 0 aliphatic rings. The Hall–Kier alpha value is 0.194. The minimum atomic E-state index is -0.976. The molecule has 134 valence electrons. The van der Waals surface area contributed by atoms with Crippen molar-refractivity contribution in [2.45, 2.75) is 42.8 Å². The topological polar surface area (TPSA) is 55.4 Å². The lowest BCUT2D eigenvalue weighted by Gasteiger charge is -2.50. The van der Waals surface area contributed by atoms with Crippen molar-refractivity contribution in [2.75, 3.05) is 42.7 Å². The molecule has 0 radical (unpaired) electrons. The molecule has 0 heterocycles. The molecule has 0 saturated carbocycles. The van der Waals surface area contributed by atoms with Gasteiger partial charge in [0.15, 0.2) is 0 Å². The number of rotatable bonds is 12. The first-order valence-corrected chi connectivity index (χ1v) is 10.5. The van der Waals surface area contributed by atoms with E-state index >= 15 is 0 Å². The Morgan fingerprint density at radius 2 is 0.955 bits per heavy atom. The minimum Gasteiger partial charge on any atom is -0.376 e. The number of hydrogen-bond acceptors (Lipinski definition) is 6. The van der Waals surface area contributed by atoms with Gasteiger partial charge in [-0.2, -0.15) is 0 Å². The Kier molecular flexibility index (Phi) is 10.2. The molecule has 8 heteroatoms. The summed E-state index contributed by atoms with van der Waals surface area (Å²) in [7, 11) is 11.8. The summed E-state index contributed by atoms with van der Waals surface area (Å²) in [5.74, 6) is -2.23. The van der Waals surface area contributed by atoms with E-state index in [1.54, 1.807) is 42.7 Å². The fraction of sp³-hybridized carbons (Fsp3) is 1.00. The SMILES string of the molecule is COC(C[SiH3])C(OC)(OC)C(C)C(OC)(OC)C(C[SiH3])OC. The quantitative estimate of drug-likeness (QED) is 0.338. The molecule has 0 saturated heterocycles. The van der Waals surface area contributed by atoms with E-state index in [9.17, 15) is 0 Å². The van der Waals surface area contributed by atoms with E-state index in [-0.39, 0.29) is 18.1 Å². The highest BCUT2D eigenvalue weighted by molar-refractivity contribution is 6.09. The summed E-state index contributed by atoms with van der Waals surface area (Å²) in [5.41, 5.74) is 0. The summed E-state index contributed by atoms with van der Waals surface area (Å²) in [6.07, 6.45) is -0.416. The Morgan fingerprint density at radius 3 is 1.09 bits per heavy atom. The van der Waals surface area contributed by atoms with Crippen LogP contribution in [0.1, 0.15) is 6.92 Å². The zero-order chi connectivity index (χ0) is 17.4. The number of methoxy groups -OCH3 is 6. The number of ether oxygens (including phenoxy) is 6. The summed E-state index contributed by atoms with van der Waals surface area (Å²) < 4.78 is 34.5. The molecular formula is C14H34O6Si2. The molecule has 0 N–H and O–H groups in total. The highest BCUT2D eigenvalue weighted by Crippen LogP contribution is 2.42. The van der Waals surface area contributed by atoms with Gasteiger partial charge >= 0.3 is 0 Å². The molecule has 0 bridgehead atoms. The van der Waals surface area contributed by atoms with Gasteiger partial charge in [0, 0.05) is 63.1 Å². The average Bonchev–Trinajstić information content (AvgIpc) is 2.57. The molecule has 6 nitrogen and oxygen atoms in total. The second kappa shape index (κ2) is 10.1. The van der Waals surface area contributed by atoms with Gasteiger partial charge in [-0.3, -0.25) is 0 Å². The predicted molar refractivity (Wildman–Crippen MR) is 93.7 cm³/mol. The van der Waals surface area contributed by atoms with Crippen molar-refractivity contribution in [3.8, 4) is 0 Å². The van der Waals surface area contributed by atoms with Crippen molar-refractivity contribution in [1.29, 1.82) is 0 Å². The Balaban J connectivity index is 5.98. The van der Waals surface area contributed by atoms with Crippen LogP contribution in [0.2, 0.25) is 12.1 Å². The van der Waals surface area contributed by atoms with Crippen LogP contribution in [0, 0.1) is 5.92 Å². The highest BCUT2D eigenvalue weighted by Gasteiger charge is 2.57. The predicted octanol–water partition coefficient (Wildman–Crippen LogP) is -0.802. The van der Waals surface area contributed by atoms with E-state index in [1.807, 2.05) is 6.92 Å². The van der Waals surface area contributed by atoms with Crippen molar-refractivity contribution < 1.29 is 28.4 Å². The summed E-state index contributed by atoms with van der Waals surface area (Å²) in [5, 5.41) is 0. The molecule has 0 aliphatic heterocycles. The Morgan fingerprint density at radius 1 is 0.682 bits per heavy atom. The second-order valence-electron chi connectivity index (χ2n) is 5.25. The van der Waals surface area contributed by atoms with Crippen molar-refractivity contribution in [3.05, 3.63) is 0 Å². The van der Waals surface area contributed by atoms with Crippen molar-refractivity contribution in [2.24, 2.45) is 5.92 Å². The van der Waals surface area contributed by atoms with Gasteiger partial charge in [0.25, 0.3) is 0 Å². The van der Waals surface area contributed by atoms with Crippen LogP contribution < -0.4 is 0 Å². The first-order valence-electron chi connectivity index (χ1n) is 7.70. The zero-order valence-corrected chi connectivity index (χ0v) is 19.6. The average molecular weight is 355 g/mol. The third-order valence-corrected chi connectivity index (χ3v) is 6.17. The largest absolute Gasteiger partial charge is 0.376 e. The lowest BCUT2D eigenvalue weighted by atomic mass is 9.84. The highest BCUT2D eigenvalue weighted by atomic mass is 28.1. The summed E-state index contributed by atoms with van der Waals surface area (Å²) in [4.78, 5) is 0. The molecule has 2 unspecified atom stereocenters. The van der Waals surface area contributed by atoms with Gasteiger partial charge in [0.1, 0.15) is 12.2 Å². The molecule has 0 rings (SSSR count). The fourth-order valence-electron chi connectivity index (χ4n) is 3.47. The van der Waals surface area contributed by atoms with Gasteiger partial charge in [-0.25, -0.2) is 0 Å². The molecule has 0 aromatic rings. The molecule has 0 spiro atoms. The van der Waals surface area contributed by atoms with Crippen LogP contribution in [0.25, 0.3) is 0 Å². The van der Waals surface area contributed by atoms with Gasteiger partial charge in [0.2, 0.25) is 11.6 Å². The maximum Gasteiger partial charge on any atom is 0.201 e. The van der Waals surface area contributed by atoms with Gasteiger partial charge in [0.05, 0.1) is 5.92 Å². The van der Waals surface area contributed by atoms with E-state index in [0.29, 0.717) is 0 Å². The monoisotopic (exact) mass is 354 g/mol. The molecule has 0 aromatic heterocycles. The Bertz CT molecular complexity index is 261. The third kappa shape index (κ3) is 3.81. The second-order valence-corrected chi connectivity index (χ2v) is 6.88. The van der Waals surface area contributed by atoms with Crippen LogP contribution in [0.5, 0.6) is 0 Å². The maximum absolute atomic E-state index is 5.81. The van der Waals surface area contributed by atoms with Gasteiger partial charge < -0.3 is 28.4 Å². The first kappa shape index (κ1) is 22.2. The zero-order valence-electron chi connectivity index (χ0n) is 15.6. The van der Waals surface area contributed by atoms with Crippen LogP contribution in [0.4, 0.5) is 0 Å². The summed E-state index contributed by atoms with van der Waals surface area (Å²) in [6, 6.07) is 1.73. The minimum absolute atomic E-state index is 0.208. The summed E-state index contributed by atoms with van der Waals surface area (Å²) in [6.45, 7) is 1.99. The molecule has 0 aliphatic carbocycles. The van der Waals surface area contributed by atoms with E-state index in [4.69, 9.17) is 28.4 Å². The van der Waals surface area contributed by atoms with Crippen LogP contribution in [-0.4, -0.2) is 86.9 Å². The van der Waals surface area contributed by atoms with Crippen LogP contribution in [-0.2, 0) is 28.4 Å². The van der Waals surface area contributed by atoms with Gasteiger partial charge in [-0.1, -0.05) is 6.92 Å². The number of hydrogen-bond donors (Lipinski definition) is 0. The molecule has 0 fully saturated rings. The van der Waals surface area contributed by atoms with Crippen LogP contribution in [0.15, 0.2) is 0 Å². The Labute approximate surface area is 141 Å². The normalized spacial score (nSPS) is 17.6. The van der Waals surface area contributed by atoms with Gasteiger partial charge in [-0.15, -0.1) is 0 Å². The lowest BCUT2D eigenvalue weighted by molar-refractivity contribution is -0.371. The van der Waals surface area contributed by atoms with E-state index < -0.39 is 11.6 Å². The smallest absolute Gasteiger partial charge is 0.201 e. The molecule has 2 atom stereocenters. The van der Waals surface area contributed by atoms with E-state index in [1.165, 1.54) is 0 Å². The molecule has 0 aromatic carbocycles.